The fourth-order valence-corrected chi connectivity index (χ4v) is 10.2. The zero-order valence-corrected chi connectivity index (χ0v) is 31.5. The molecule has 9 aromatic rings. The van der Waals surface area contributed by atoms with E-state index in [-0.39, 0.29) is 0 Å². The molecule has 0 atom stereocenters. The highest BCUT2D eigenvalue weighted by atomic mass is 15.1. The van der Waals surface area contributed by atoms with Gasteiger partial charge in [-0.3, -0.25) is 0 Å². The average Bonchev–Trinajstić information content (AvgIpc) is 3.77. The number of hydrogen-bond donors (Lipinski definition) is 0. The van der Waals surface area contributed by atoms with E-state index in [1.54, 1.807) is 0 Å². The third-order valence-electron chi connectivity index (χ3n) is 12.4. The quantitative estimate of drug-likeness (QED) is 0.158. The number of benzene rings is 9. The smallest absolute Gasteiger partial charge is 0.0734 e. The molecule has 2 aliphatic carbocycles. The Hall–Kier alpha value is -7.22. The molecule has 0 spiro atoms. The Labute approximate surface area is 334 Å². The molecule has 11 rings (SSSR count). The molecule has 0 aromatic heterocycles. The molecule has 0 saturated carbocycles. The zero-order valence-electron chi connectivity index (χ0n) is 31.5. The fourth-order valence-electron chi connectivity index (χ4n) is 10.2. The van der Waals surface area contributed by atoms with E-state index < -0.39 is 10.8 Å². The monoisotopic (exact) mass is 725 g/mol. The van der Waals surface area contributed by atoms with E-state index in [1.165, 1.54) is 66.8 Å². The van der Waals surface area contributed by atoms with Gasteiger partial charge in [0, 0.05) is 16.9 Å². The second-order valence-corrected chi connectivity index (χ2v) is 15.2. The van der Waals surface area contributed by atoms with Crippen LogP contribution in [0, 0.1) is 0 Å². The van der Waals surface area contributed by atoms with Gasteiger partial charge in [0.25, 0.3) is 0 Å². The van der Waals surface area contributed by atoms with E-state index in [4.69, 9.17) is 0 Å². The predicted octanol–water partition coefficient (Wildman–Crippen LogP) is 13.9. The lowest BCUT2D eigenvalue weighted by Gasteiger charge is -2.38. The molecule has 0 radical (unpaired) electrons. The average molecular weight is 726 g/mol. The van der Waals surface area contributed by atoms with Gasteiger partial charge in [0.2, 0.25) is 0 Å². The summed E-state index contributed by atoms with van der Waals surface area (Å²) in [6.07, 6.45) is 0. The minimum absolute atomic E-state index is 0.462. The molecule has 0 unspecified atom stereocenters. The summed E-state index contributed by atoms with van der Waals surface area (Å²) in [7, 11) is 0. The van der Waals surface area contributed by atoms with Crippen molar-refractivity contribution in [2.75, 3.05) is 4.90 Å². The summed E-state index contributed by atoms with van der Waals surface area (Å²) in [5.41, 5.74) is 17.7. The molecule has 0 bridgehead atoms. The molecular formula is C56H39N. The van der Waals surface area contributed by atoms with E-state index in [9.17, 15) is 0 Å². The van der Waals surface area contributed by atoms with Crippen LogP contribution in [-0.4, -0.2) is 0 Å². The molecule has 9 aromatic carbocycles. The predicted molar refractivity (Wildman–Crippen MR) is 236 cm³/mol. The summed E-state index contributed by atoms with van der Waals surface area (Å²) < 4.78 is 0. The standard InChI is InChI=1S/C56H39N/c1-5-20-40(21-6-1)55(50-32-16-13-28-46(50)47-29-14-17-33-51(47)55)43-36-38-45(39-37-43)57(44-26-11-4-12-27-44)53-35-19-31-49-48-30-15-18-34-52(48)56(54(49)53,41-22-7-2-8-23-41)42-24-9-3-10-25-42/h1-39H. The second kappa shape index (κ2) is 13.2. The molecule has 57 heavy (non-hydrogen) atoms. The summed E-state index contributed by atoms with van der Waals surface area (Å²) in [6, 6.07) is 87.3. The molecule has 0 aliphatic heterocycles. The van der Waals surface area contributed by atoms with Gasteiger partial charge in [-0.05, 0) is 91.5 Å². The van der Waals surface area contributed by atoms with Gasteiger partial charge >= 0.3 is 0 Å². The third-order valence-corrected chi connectivity index (χ3v) is 12.4. The second-order valence-electron chi connectivity index (χ2n) is 15.2. The Balaban J connectivity index is 1.17. The topological polar surface area (TPSA) is 3.24 Å². The summed E-state index contributed by atoms with van der Waals surface area (Å²) in [5.74, 6) is 0. The van der Waals surface area contributed by atoms with Crippen LogP contribution in [0.1, 0.15) is 44.5 Å². The Morgan fingerprint density at radius 1 is 0.246 bits per heavy atom. The highest BCUT2D eigenvalue weighted by Crippen LogP contribution is 2.60. The molecule has 0 heterocycles. The van der Waals surface area contributed by atoms with Gasteiger partial charge in [-0.25, -0.2) is 0 Å². The van der Waals surface area contributed by atoms with Crippen LogP contribution in [0.3, 0.4) is 0 Å². The van der Waals surface area contributed by atoms with Crippen molar-refractivity contribution in [3.63, 3.8) is 0 Å². The normalized spacial score (nSPS) is 13.9. The maximum atomic E-state index is 2.47. The van der Waals surface area contributed by atoms with Crippen LogP contribution in [-0.2, 0) is 10.8 Å². The van der Waals surface area contributed by atoms with Crippen LogP contribution in [0.2, 0.25) is 0 Å². The van der Waals surface area contributed by atoms with Crippen molar-refractivity contribution in [1.29, 1.82) is 0 Å². The van der Waals surface area contributed by atoms with Crippen molar-refractivity contribution in [1.82, 2.24) is 0 Å². The first-order valence-electron chi connectivity index (χ1n) is 19.9. The molecule has 0 saturated heterocycles. The first-order valence-corrected chi connectivity index (χ1v) is 19.9. The lowest BCUT2D eigenvalue weighted by molar-refractivity contribution is 0.766. The number of hydrogen-bond acceptors (Lipinski definition) is 1. The van der Waals surface area contributed by atoms with E-state index in [0.29, 0.717) is 0 Å². The van der Waals surface area contributed by atoms with Gasteiger partial charge in [-0.15, -0.1) is 0 Å². The van der Waals surface area contributed by atoms with Crippen molar-refractivity contribution in [2.24, 2.45) is 0 Å². The molecule has 268 valence electrons. The van der Waals surface area contributed by atoms with Gasteiger partial charge in [-0.1, -0.05) is 206 Å². The number of anilines is 3. The molecule has 0 N–H and O–H groups in total. The fraction of sp³-hybridized carbons (Fsp3) is 0.0357. The summed E-state index contributed by atoms with van der Waals surface area (Å²) >= 11 is 0. The Morgan fingerprint density at radius 2 is 0.596 bits per heavy atom. The van der Waals surface area contributed by atoms with E-state index >= 15 is 0 Å². The third kappa shape index (κ3) is 4.76. The molecule has 1 heteroatoms. The van der Waals surface area contributed by atoms with Crippen molar-refractivity contribution >= 4 is 17.1 Å². The van der Waals surface area contributed by atoms with Crippen LogP contribution in [0.15, 0.2) is 237 Å². The Bertz CT molecular complexity index is 2790. The Kier molecular flexibility index (Phi) is 7.69. The number of rotatable bonds is 7. The maximum Gasteiger partial charge on any atom is 0.0734 e. The number of nitrogens with zero attached hydrogens (tertiary/aromatic N) is 1. The van der Waals surface area contributed by atoms with E-state index in [0.717, 1.165) is 17.1 Å². The number of fused-ring (bicyclic) bond motifs is 6. The van der Waals surface area contributed by atoms with Crippen LogP contribution in [0.4, 0.5) is 17.1 Å². The van der Waals surface area contributed by atoms with Crippen LogP contribution in [0.25, 0.3) is 22.3 Å². The van der Waals surface area contributed by atoms with Crippen LogP contribution < -0.4 is 4.90 Å². The molecule has 0 amide bonds. The highest BCUT2D eigenvalue weighted by Gasteiger charge is 2.49. The summed E-state index contributed by atoms with van der Waals surface area (Å²) in [5, 5.41) is 0. The molecule has 1 nitrogen and oxygen atoms in total. The van der Waals surface area contributed by atoms with Gasteiger partial charge in [0.05, 0.1) is 16.5 Å². The van der Waals surface area contributed by atoms with Crippen LogP contribution in [0.5, 0.6) is 0 Å². The molecule has 0 fully saturated rings. The van der Waals surface area contributed by atoms with Crippen molar-refractivity contribution in [3.05, 3.63) is 281 Å². The van der Waals surface area contributed by atoms with Crippen molar-refractivity contribution in [2.45, 2.75) is 10.8 Å². The molecular weight excluding hydrogens is 687 g/mol. The minimum atomic E-state index is -0.549. The Morgan fingerprint density at radius 3 is 1.11 bits per heavy atom. The summed E-state index contributed by atoms with van der Waals surface area (Å²) in [4.78, 5) is 2.47. The lowest BCUT2D eigenvalue weighted by atomic mass is 9.67. The van der Waals surface area contributed by atoms with Crippen molar-refractivity contribution in [3.8, 4) is 22.3 Å². The number of para-hydroxylation sites is 1. The van der Waals surface area contributed by atoms with E-state index in [1.807, 2.05) is 0 Å². The first-order chi connectivity index (χ1) is 28.3. The first kappa shape index (κ1) is 33.1. The SMILES string of the molecule is c1ccc(N(c2ccc(C3(c4ccccc4)c4ccccc4-c4ccccc43)cc2)c2cccc3c2C(c2ccccc2)(c2ccccc2)c2ccccc2-3)cc1. The van der Waals surface area contributed by atoms with Gasteiger partial charge in [0.15, 0.2) is 0 Å². The molecule has 2 aliphatic rings. The van der Waals surface area contributed by atoms with Crippen LogP contribution >= 0.6 is 0 Å². The maximum absolute atomic E-state index is 2.47. The van der Waals surface area contributed by atoms with E-state index in [2.05, 4.69) is 241 Å². The summed E-state index contributed by atoms with van der Waals surface area (Å²) in [6.45, 7) is 0. The van der Waals surface area contributed by atoms with Gasteiger partial charge in [0.1, 0.15) is 0 Å². The van der Waals surface area contributed by atoms with Gasteiger partial charge in [-0.2, -0.15) is 0 Å². The van der Waals surface area contributed by atoms with Gasteiger partial charge < -0.3 is 4.90 Å². The zero-order chi connectivity index (χ0) is 37.8. The largest absolute Gasteiger partial charge is 0.310 e. The minimum Gasteiger partial charge on any atom is -0.310 e. The lowest BCUT2D eigenvalue weighted by Crippen LogP contribution is -2.30. The highest BCUT2D eigenvalue weighted by molar-refractivity contribution is 5.94. The van der Waals surface area contributed by atoms with Crippen molar-refractivity contribution < 1.29 is 0 Å².